The van der Waals surface area contributed by atoms with E-state index < -0.39 is 0 Å². The topological polar surface area (TPSA) is 20.5 Å². The summed E-state index contributed by atoms with van der Waals surface area (Å²) in [5.41, 5.74) is 4.37. The second-order valence-electron chi connectivity index (χ2n) is 5.16. The normalized spacial score (nSPS) is 16.8. The van der Waals surface area contributed by atoms with Crippen LogP contribution in [0.15, 0.2) is 12.3 Å². The van der Waals surface area contributed by atoms with Gasteiger partial charge in [-0.15, -0.1) is 0 Å². The molecule has 0 saturated carbocycles. The van der Waals surface area contributed by atoms with Crippen molar-refractivity contribution in [1.29, 1.82) is 0 Å². The van der Waals surface area contributed by atoms with Crippen LogP contribution in [0.5, 0.6) is 0 Å². The van der Waals surface area contributed by atoms with Gasteiger partial charge in [0.15, 0.2) is 5.65 Å². The summed E-state index contributed by atoms with van der Waals surface area (Å²) in [6, 6.07) is 2.06. The van der Waals surface area contributed by atoms with E-state index in [0.29, 0.717) is 0 Å². The number of likely N-dealkylation sites (tertiary alicyclic amines) is 1. The molecule has 0 amide bonds. The maximum Gasteiger partial charge on any atom is 0.156 e. The van der Waals surface area contributed by atoms with Crippen LogP contribution in [0.2, 0.25) is 5.02 Å². The molecule has 0 aromatic carbocycles. The summed E-state index contributed by atoms with van der Waals surface area (Å²) in [4.78, 5) is 6.99. The quantitative estimate of drug-likeness (QED) is 0.829. The van der Waals surface area contributed by atoms with Crippen LogP contribution >= 0.6 is 11.6 Å². The third kappa shape index (κ3) is 2.02. The van der Waals surface area contributed by atoms with E-state index in [9.17, 15) is 0 Å². The second kappa shape index (κ2) is 4.56. The monoisotopic (exact) mass is 263 g/mol. The molecule has 96 valence electrons. The highest BCUT2D eigenvalue weighted by atomic mass is 35.5. The minimum absolute atomic E-state index is 0.753. The lowest BCUT2D eigenvalue weighted by Gasteiger charge is -2.15. The van der Waals surface area contributed by atoms with Gasteiger partial charge < -0.3 is 4.40 Å². The van der Waals surface area contributed by atoms with Gasteiger partial charge in [-0.2, -0.15) is 0 Å². The Morgan fingerprint density at radius 1 is 1.28 bits per heavy atom. The zero-order valence-corrected chi connectivity index (χ0v) is 11.7. The molecule has 1 aliphatic heterocycles. The van der Waals surface area contributed by atoms with Crippen molar-refractivity contribution < 1.29 is 0 Å². The van der Waals surface area contributed by atoms with Crippen molar-refractivity contribution in [2.45, 2.75) is 33.2 Å². The first-order valence-corrected chi connectivity index (χ1v) is 6.89. The van der Waals surface area contributed by atoms with Crippen LogP contribution in [0.3, 0.4) is 0 Å². The number of aryl methyl sites for hydroxylation is 2. The van der Waals surface area contributed by atoms with Gasteiger partial charge in [0.1, 0.15) is 0 Å². The van der Waals surface area contributed by atoms with Crippen molar-refractivity contribution in [2.75, 3.05) is 13.1 Å². The molecule has 3 rings (SSSR count). The first-order valence-electron chi connectivity index (χ1n) is 6.51. The maximum absolute atomic E-state index is 6.33. The molecule has 1 fully saturated rings. The third-order valence-corrected chi connectivity index (χ3v) is 4.09. The minimum atomic E-state index is 0.753. The molecule has 2 aromatic rings. The Morgan fingerprint density at radius 3 is 2.72 bits per heavy atom. The Morgan fingerprint density at radius 2 is 2.00 bits per heavy atom. The Kier molecular flexibility index (Phi) is 3.04. The van der Waals surface area contributed by atoms with Crippen molar-refractivity contribution in [3.8, 4) is 0 Å². The van der Waals surface area contributed by atoms with Crippen LogP contribution < -0.4 is 0 Å². The molecular weight excluding hydrogens is 246 g/mol. The molecule has 1 aliphatic rings. The highest BCUT2D eigenvalue weighted by Gasteiger charge is 2.14. The summed E-state index contributed by atoms with van der Waals surface area (Å²) in [6.07, 6.45) is 4.81. The van der Waals surface area contributed by atoms with E-state index in [1.54, 1.807) is 0 Å². The molecular formula is C14H18ClN3. The van der Waals surface area contributed by atoms with Crippen LogP contribution in [0, 0.1) is 13.8 Å². The summed E-state index contributed by atoms with van der Waals surface area (Å²) < 4.78 is 2.11. The first kappa shape index (κ1) is 12.0. The molecule has 0 aliphatic carbocycles. The molecule has 3 heterocycles. The number of halogens is 1. The van der Waals surface area contributed by atoms with Gasteiger partial charge >= 0.3 is 0 Å². The average Bonchev–Trinajstić information content (AvgIpc) is 2.92. The number of hydrogen-bond acceptors (Lipinski definition) is 2. The number of hydrogen-bond donors (Lipinski definition) is 0. The van der Waals surface area contributed by atoms with E-state index in [1.807, 2.05) is 6.92 Å². The Bertz CT molecular complexity index is 582. The summed E-state index contributed by atoms with van der Waals surface area (Å²) in [6.45, 7) is 7.52. The lowest BCUT2D eigenvalue weighted by atomic mass is 10.2. The van der Waals surface area contributed by atoms with E-state index in [2.05, 4.69) is 33.5 Å². The molecule has 2 aromatic heterocycles. The number of aromatic nitrogens is 2. The van der Waals surface area contributed by atoms with Crippen LogP contribution in [0.25, 0.3) is 5.65 Å². The van der Waals surface area contributed by atoms with Gasteiger partial charge in [-0.1, -0.05) is 11.6 Å². The number of nitrogens with zero attached hydrogens (tertiary/aromatic N) is 3. The van der Waals surface area contributed by atoms with Crippen LogP contribution in [-0.2, 0) is 6.54 Å². The summed E-state index contributed by atoms with van der Waals surface area (Å²) >= 11 is 6.33. The molecule has 0 N–H and O–H groups in total. The lowest BCUT2D eigenvalue weighted by molar-refractivity contribution is 0.331. The second-order valence-corrected chi connectivity index (χ2v) is 5.56. The fourth-order valence-corrected chi connectivity index (χ4v) is 2.94. The minimum Gasteiger partial charge on any atom is -0.303 e. The maximum atomic E-state index is 6.33. The van der Waals surface area contributed by atoms with Crippen molar-refractivity contribution in [1.82, 2.24) is 14.3 Å². The highest BCUT2D eigenvalue weighted by Crippen LogP contribution is 2.23. The Labute approximate surface area is 112 Å². The third-order valence-electron chi connectivity index (χ3n) is 3.81. The van der Waals surface area contributed by atoms with E-state index in [0.717, 1.165) is 22.9 Å². The van der Waals surface area contributed by atoms with Crippen LogP contribution in [0.1, 0.15) is 29.8 Å². The molecule has 1 saturated heterocycles. The van der Waals surface area contributed by atoms with Crippen molar-refractivity contribution in [2.24, 2.45) is 0 Å². The molecule has 0 atom stereocenters. The fraction of sp³-hybridized carbons (Fsp3) is 0.500. The van der Waals surface area contributed by atoms with Crippen LogP contribution in [-0.4, -0.2) is 27.4 Å². The molecule has 3 nitrogen and oxygen atoms in total. The Hall–Kier alpha value is -1.06. The zero-order chi connectivity index (χ0) is 12.7. The Balaban J connectivity index is 2.00. The molecule has 0 bridgehead atoms. The van der Waals surface area contributed by atoms with Crippen molar-refractivity contribution in [3.63, 3.8) is 0 Å². The molecule has 0 radical (unpaired) electrons. The predicted molar refractivity (Wildman–Crippen MR) is 74.2 cm³/mol. The summed E-state index contributed by atoms with van der Waals surface area (Å²) in [7, 11) is 0. The number of imidazole rings is 1. The van der Waals surface area contributed by atoms with Crippen LogP contribution in [0.4, 0.5) is 0 Å². The average molecular weight is 264 g/mol. The summed E-state index contributed by atoms with van der Waals surface area (Å²) in [5.74, 6) is 0. The van der Waals surface area contributed by atoms with E-state index >= 15 is 0 Å². The van der Waals surface area contributed by atoms with E-state index in [4.69, 9.17) is 11.6 Å². The van der Waals surface area contributed by atoms with E-state index in [1.165, 1.54) is 37.2 Å². The van der Waals surface area contributed by atoms with Gasteiger partial charge in [-0.3, -0.25) is 4.90 Å². The van der Waals surface area contributed by atoms with Gasteiger partial charge in [0.2, 0.25) is 0 Å². The van der Waals surface area contributed by atoms with Crippen molar-refractivity contribution >= 4 is 17.2 Å². The lowest BCUT2D eigenvalue weighted by Crippen LogP contribution is -2.18. The fourth-order valence-electron chi connectivity index (χ4n) is 2.67. The van der Waals surface area contributed by atoms with E-state index in [-0.39, 0.29) is 0 Å². The number of rotatable bonds is 2. The van der Waals surface area contributed by atoms with Gasteiger partial charge in [0.05, 0.1) is 10.7 Å². The van der Waals surface area contributed by atoms with Gasteiger partial charge in [-0.25, -0.2) is 4.98 Å². The highest BCUT2D eigenvalue weighted by molar-refractivity contribution is 6.33. The van der Waals surface area contributed by atoms with Crippen molar-refractivity contribution in [3.05, 3.63) is 34.2 Å². The summed E-state index contributed by atoms with van der Waals surface area (Å²) in [5, 5.41) is 0.753. The number of fused-ring (bicyclic) bond motifs is 1. The molecule has 4 heteroatoms. The van der Waals surface area contributed by atoms with Gasteiger partial charge in [0, 0.05) is 18.4 Å². The largest absolute Gasteiger partial charge is 0.303 e. The molecule has 18 heavy (non-hydrogen) atoms. The molecule has 0 unspecified atom stereocenters. The van der Waals surface area contributed by atoms with Gasteiger partial charge in [0.25, 0.3) is 0 Å². The smallest absolute Gasteiger partial charge is 0.156 e. The number of pyridine rings is 1. The zero-order valence-electron chi connectivity index (χ0n) is 10.9. The SMILES string of the molecule is Cc1nc2c(Cl)cc(CN3CCCC3)cn2c1C. The van der Waals surface area contributed by atoms with Gasteiger partial charge in [-0.05, 0) is 51.4 Å². The first-order chi connectivity index (χ1) is 8.65. The molecule has 0 spiro atoms. The standard InChI is InChI=1S/C14H18ClN3/c1-10-11(2)18-9-12(7-13(15)14(18)16-10)8-17-5-3-4-6-17/h7,9H,3-6,8H2,1-2H3. The predicted octanol–water partition coefficient (Wildman–Crippen LogP) is 3.20.